The third-order valence-electron chi connectivity index (χ3n) is 2.56. The summed E-state index contributed by atoms with van der Waals surface area (Å²) < 4.78 is 1.39. The van der Waals surface area contributed by atoms with Gasteiger partial charge < -0.3 is 5.32 Å². The van der Waals surface area contributed by atoms with E-state index in [0.29, 0.717) is 5.69 Å². The Bertz CT molecular complexity index is 428. The predicted octanol–water partition coefficient (Wildman–Crippen LogP) is 3.08. The second kappa shape index (κ2) is 6.05. The van der Waals surface area contributed by atoms with Crippen LogP contribution in [0.4, 0.5) is 5.69 Å². The second-order valence-electron chi connectivity index (χ2n) is 4.55. The summed E-state index contributed by atoms with van der Waals surface area (Å²) in [5, 5.41) is 7.54. The van der Waals surface area contributed by atoms with Gasteiger partial charge in [-0.05, 0) is 27.2 Å². The Kier molecular flexibility index (Phi) is 5.00. The molecule has 1 rings (SSSR count). The molecule has 0 aliphatic heterocycles. The van der Waals surface area contributed by atoms with Gasteiger partial charge >= 0.3 is 0 Å². The third-order valence-corrected chi connectivity index (χ3v) is 2.92. The fourth-order valence-corrected chi connectivity index (χ4v) is 1.87. The number of hydrogen-bond donors (Lipinski definition) is 1. The molecule has 1 aromatic rings. The average molecular weight is 258 g/mol. The fraction of sp³-hybridized carbons (Fsp3) is 0.667. The van der Waals surface area contributed by atoms with Crippen LogP contribution in [0.25, 0.3) is 0 Å². The second-order valence-corrected chi connectivity index (χ2v) is 4.93. The van der Waals surface area contributed by atoms with E-state index in [1.165, 1.54) is 4.68 Å². The van der Waals surface area contributed by atoms with Crippen molar-refractivity contribution in [1.29, 1.82) is 0 Å². The maximum Gasteiger partial charge on any atom is 0.287 e. The van der Waals surface area contributed by atoms with Gasteiger partial charge in [-0.2, -0.15) is 5.10 Å². The Morgan fingerprint density at radius 2 is 2.12 bits per heavy atom. The van der Waals surface area contributed by atoms with Crippen LogP contribution >= 0.6 is 11.6 Å². The summed E-state index contributed by atoms with van der Waals surface area (Å²) in [6, 6.07) is 0.302. The lowest BCUT2D eigenvalue weighted by molar-refractivity contribution is 0.503. The average Bonchev–Trinajstić information content (AvgIpc) is 2.25. The highest BCUT2D eigenvalue weighted by Gasteiger charge is 2.12. The SMILES string of the molecule is CCCC(C)Nc1cnn(C(C)C)c(=O)c1Cl. The van der Waals surface area contributed by atoms with Crippen LogP contribution in [0.1, 0.15) is 46.6 Å². The van der Waals surface area contributed by atoms with Crippen molar-refractivity contribution < 1.29 is 0 Å². The smallest absolute Gasteiger partial charge is 0.287 e. The van der Waals surface area contributed by atoms with E-state index in [0.717, 1.165) is 12.8 Å². The van der Waals surface area contributed by atoms with E-state index in [9.17, 15) is 4.79 Å². The zero-order valence-corrected chi connectivity index (χ0v) is 11.6. The third kappa shape index (κ3) is 3.46. The number of nitrogens with zero attached hydrogens (tertiary/aromatic N) is 2. The van der Waals surface area contributed by atoms with Crippen LogP contribution < -0.4 is 10.9 Å². The molecule has 17 heavy (non-hydrogen) atoms. The van der Waals surface area contributed by atoms with E-state index in [1.54, 1.807) is 6.20 Å². The minimum atomic E-state index is -0.240. The van der Waals surface area contributed by atoms with Crippen LogP contribution in [-0.2, 0) is 0 Å². The van der Waals surface area contributed by atoms with Crippen molar-refractivity contribution in [2.75, 3.05) is 5.32 Å². The molecular weight excluding hydrogens is 238 g/mol. The predicted molar refractivity (Wildman–Crippen MR) is 71.9 cm³/mol. The molecule has 5 heteroatoms. The van der Waals surface area contributed by atoms with E-state index in [-0.39, 0.29) is 22.7 Å². The first kappa shape index (κ1) is 14.0. The molecule has 0 amide bonds. The van der Waals surface area contributed by atoms with Gasteiger partial charge in [-0.3, -0.25) is 4.79 Å². The highest BCUT2D eigenvalue weighted by molar-refractivity contribution is 6.32. The molecule has 0 radical (unpaired) electrons. The van der Waals surface area contributed by atoms with Gasteiger partial charge in [-0.25, -0.2) is 4.68 Å². The van der Waals surface area contributed by atoms with Crippen molar-refractivity contribution in [3.8, 4) is 0 Å². The zero-order chi connectivity index (χ0) is 13.0. The molecule has 96 valence electrons. The van der Waals surface area contributed by atoms with Crippen molar-refractivity contribution in [1.82, 2.24) is 9.78 Å². The van der Waals surface area contributed by atoms with E-state index in [4.69, 9.17) is 11.6 Å². The molecule has 1 heterocycles. The summed E-state index contributed by atoms with van der Waals surface area (Å²) >= 11 is 6.05. The molecule has 1 atom stereocenters. The first-order valence-corrected chi connectivity index (χ1v) is 6.39. The maximum absolute atomic E-state index is 11.9. The summed E-state index contributed by atoms with van der Waals surface area (Å²) in [5.74, 6) is 0. The minimum Gasteiger partial charge on any atom is -0.380 e. The lowest BCUT2D eigenvalue weighted by Gasteiger charge is -2.16. The highest BCUT2D eigenvalue weighted by atomic mass is 35.5. The van der Waals surface area contributed by atoms with Crippen LogP contribution in [0.3, 0.4) is 0 Å². The fourth-order valence-electron chi connectivity index (χ4n) is 1.68. The topological polar surface area (TPSA) is 46.9 Å². The first-order chi connectivity index (χ1) is 7.97. The van der Waals surface area contributed by atoms with Crippen molar-refractivity contribution >= 4 is 17.3 Å². The molecule has 0 aliphatic carbocycles. The molecular formula is C12H20ClN3O. The number of rotatable bonds is 5. The van der Waals surface area contributed by atoms with Crippen LogP contribution in [0.15, 0.2) is 11.0 Å². The first-order valence-electron chi connectivity index (χ1n) is 6.01. The Morgan fingerprint density at radius 1 is 1.47 bits per heavy atom. The van der Waals surface area contributed by atoms with Gasteiger partial charge in [0, 0.05) is 6.04 Å². The van der Waals surface area contributed by atoms with E-state index in [1.807, 2.05) is 13.8 Å². The van der Waals surface area contributed by atoms with Gasteiger partial charge in [0.2, 0.25) is 0 Å². The number of anilines is 1. The summed E-state index contributed by atoms with van der Waals surface area (Å²) in [4.78, 5) is 11.9. The summed E-state index contributed by atoms with van der Waals surface area (Å²) in [5.41, 5.74) is 0.380. The van der Waals surface area contributed by atoms with Crippen LogP contribution in [0.2, 0.25) is 5.02 Å². The Balaban J connectivity index is 2.97. The van der Waals surface area contributed by atoms with Gasteiger partial charge in [0.15, 0.2) is 0 Å². The normalized spacial score (nSPS) is 12.8. The molecule has 4 nitrogen and oxygen atoms in total. The largest absolute Gasteiger partial charge is 0.380 e. The number of halogens is 1. The molecule has 0 saturated heterocycles. The minimum absolute atomic E-state index is 0.0158. The molecule has 1 aromatic heterocycles. The molecule has 0 fully saturated rings. The van der Waals surface area contributed by atoms with E-state index >= 15 is 0 Å². The number of nitrogens with one attached hydrogen (secondary N) is 1. The standard InChI is InChI=1S/C12H20ClN3O/c1-5-6-9(4)15-10-7-14-16(8(2)3)12(17)11(10)13/h7-9,15H,5-6H2,1-4H3. The van der Waals surface area contributed by atoms with Crippen molar-refractivity contribution in [2.24, 2.45) is 0 Å². The molecule has 1 unspecified atom stereocenters. The molecule has 1 N–H and O–H groups in total. The van der Waals surface area contributed by atoms with Crippen LogP contribution in [0, 0.1) is 0 Å². The molecule has 0 aromatic carbocycles. The lowest BCUT2D eigenvalue weighted by Crippen LogP contribution is -2.27. The Hall–Kier alpha value is -1.03. The number of aromatic nitrogens is 2. The Labute approximate surface area is 107 Å². The zero-order valence-electron chi connectivity index (χ0n) is 10.8. The van der Waals surface area contributed by atoms with Crippen molar-refractivity contribution in [3.63, 3.8) is 0 Å². The highest BCUT2D eigenvalue weighted by Crippen LogP contribution is 2.18. The summed E-state index contributed by atoms with van der Waals surface area (Å²) in [6.45, 7) is 7.98. The van der Waals surface area contributed by atoms with E-state index in [2.05, 4.69) is 24.3 Å². The molecule has 0 saturated carbocycles. The molecule has 0 aliphatic rings. The van der Waals surface area contributed by atoms with Crippen LogP contribution in [0.5, 0.6) is 0 Å². The van der Waals surface area contributed by atoms with Gasteiger partial charge in [-0.15, -0.1) is 0 Å². The van der Waals surface area contributed by atoms with Crippen molar-refractivity contribution in [3.05, 3.63) is 21.6 Å². The molecule has 0 bridgehead atoms. The molecule has 0 spiro atoms. The van der Waals surface area contributed by atoms with Gasteiger partial charge in [0.25, 0.3) is 5.56 Å². The van der Waals surface area contributed by atoms with Gasteiger partial charge in [0.05, 0.1) is 17.9 Å². The lowest BCUT2D eigenvalue weighted by atomic mass is 10.2. The van der Waals surface area contributed by atoms with Crippen molar-refractivity contribution in [2.45, 2.75) is 52.6 Å². The van der Waals surface area contributed by atoms with Crippen LogP contribution in [-0.4, -0.2) is 15.8 Å². The monoisotopic (exact) mass is 257 g/mol. The Morgan fingerprint density at radius 3 is 2.65 bits per heavy atom. The quantitative estimate of drug-likeness (QED) is 0.882. The number of hydrogen-bond acceptors (Lipinski definition) is 3. The van der Waals surface area contributed by atoms with E-state index < -0.39 is 0 Å². The maximum atomic E-state index is 11.9. The summed E-state index contributed by atoms with van der Waals surface area (Å²) in [6.07, 6.45) is 3.74. The summed E-state index contributed by atoms with van der Waals surface area (Å²) in [7, 11) is 0. The van der Waals surface area contributed by atoms with Gasteiger partial charge in [0.1, 0.15) is 5.02 Å². The van der Waals surface area contributed by atoms with Gasteiger partial charge in [-0.1, -0.05) is 24.9 Å².